The Kier molecular flexibility index (Phi) is 7.88. The summed E-state index contributed by atoms with van der Waals surface area (Å²) in [6.45, 7) is 3.45. The molecule has 0 bridgehead atoms. The summed E-state index contributed by atoms with van der Waals surface area (Å²) in [6, 6.07) is 12.2. The molecule has 0 amide bonds. The minimum atomic E-state index is -1.92. The smallest absolute Gasteiger partial charge is 0.328 e. The van der Waals surface area contributed by atoms with Gasteiger partial charge in [0.2, 0.25) is 5.92 Å². The van der Waals surface area contributed by atoms with Gasteiger partial charge < -0.3 is 14.6 Å². The van der Waals surface area contributed by atoms with Crippen LogP contribution in [0, 0.1) is 5.92 Å². The van der Waals surface area contributed by atoms with E-state index in [-0.39, 0.29) is 6.42 Å². The van der Waals surface area contributed by atoms with E-state index in [0.717, 1.165) is 5.56 Å². The molecular weight excluding hydrogens is 374 g/mol. The molecule has 3 unspecified atom stereocenters. The molecule has 2 rings (SSSR count). The van der Waals surface area contributed by atoms with Gasteiger partial charge >= 0.3 is 11.9 Å². The highest BCUT2D eigenvalue weighted by atomic mass is 16.5. The topological polar surface area (TPSA) is 103 Å². The standard InChI is InChI=1S/C22H25NO6/c1-4-14(2)29-22(27)19(21(25)26)20(24)17(18-10-5-6-11-23-18)13-15-8-7-9-16(12-15)28-3/h5-12,14,17,19H,4,13H2,1-3H3,(H,25,26). The molecule has 1 aromatic heterocycles. The van der Waals surface area contributed by atoms with Gasteiger partial charge in [0.05, 0.1) is 24.8 Å². The van der Waals surface area contributed by atoms with E-state index in [0.29, 0.717) is 17.9 Å². The number of carboxylic acids is 1. The molecule has 7 nitrogen and oxygen atoms in total. The zero-order valence-corrected chi connectivity index (χ0v) is 16.7. The number of nitrogens with zero attached hydrogens (tertiary/aromatic N) is 1. The summed E-state index contributed by atoms with van der Waals surface area (Å²) in [5, 5.41) is 9.58. The van der Waals surface area contributed by atoms with E-state index in [1.54, 1.807) is 56.3 Å². The van der Waals surface area contributed by atoms with Crippen LogP contribution in [0.4, 0.5) is 0 Å². The number of aliphatic carboxylic acids is 1. The fourth-order valence-electron chi connectivity index (χ4n) is 2.86. The Bertz CT molecular complexity index is 851. The number of hydrogen-bond acceptors (Lipinski definition) is 6. The van der Waals surface area contributed by atoms with Crippen LogP contribution in [-0.2, 0) is 25.5 Å². The summed E-state index contributed by atoms with van der Waals surface area (Å²) in [6.07, 6.45) is 1.73. The third kappa shape index (κ3) is 5.88. The zero-order valence-electron chi connectivity index (χ0n) is 16.7. The van der Waals surface area contributed by atoms with Gasteiger partial charge in [-0.15, -0.1) is 0 Å². The molecule has 0 aliphatic rings. The van der Waals surface area contributed by atoms with Gasteiger partial charge in [0, 0.05) is 6.20 Å². The molecule has 1 heterocycles. The number of carbonyl (C=O) groups is 3. The number of Topliss-reactive ketones (excluding diaryl/α,β-unsaturated/α-hetero) is 1. The van der Waals surface area contributed by atoms with Crippen molar-refractivity contribution in [3.8, 4) is 5.75 Å². The van der Waals surface area contributed by atoms with E-state index in [1.165, 1.54) is 13.3 Å². The number of ether oxygens (including phenoxy) is 2. The van der Waals surface area contributed by atoms with Crippen molar-refractivity contribution in [3.63, 3.8) is 0 Å². The summed E-state index contributed by atoms with van der Waals surface area (Å²) in [5.41, 5.74) is 1.15. The van der Waals surface area contributed by atoms with Crippen molar-refractivity contribution in [2.24, 2.45) is 5.92 Å². The van der Waals surface area contributed by atoms with Crippen molar-refractivity contribution in [1.82, 2.24) is 4.98 Å². The van der Waals surface area contributed by atoms with Crippen LogP contribution in [0.2, 0.25) is 0 Å². The van der Waals surface area contributed by atoms with Crippen LogP contribution in [0.15, 0.2) is 48.7 Å². The Morgan fingerprint density at radius 2 is 1.90 bits per heavy atom. The van der Waals surface area contributed by atoms with Crippen molar-refractivity contribution in [3.05, 3.63) is 59.9 Å². The maximum atomic E-state index is 13.2. The van der Waals surface area contributed by atoms with Crippen LogP contribution in [0.25, 0.3) is 0 Å². The molecule has 1 N–H and O–H groups in total. The number of methoxy groups -OCH3 is 1. The van der Waals surface area contributed by atoms with Crippen LogP contribution in [0.3, 0.4) is 0 Å². The highest BCUT2D eigenvalue weighted by molar-refractivity contribution is 6.16. The number of benzene rings is 1. The highest BCUT2D eigenvalue weighted by Crippen LogP contribution is 2.26. The quantitative estimate of drug-likeness (QED) is 0.484. The number of carbonyl (C=O) groups excluding carboxylic acids is 2. The van der Waals surface area contributed by atoms with E-state index in [2.05, 4.69) is 4.98 Å². The largest absolute Gasteiger partial charge is 0.497 e. The van der Waals surface area contributed by atoms with E-state index >= 15 is 0 Å². The lowest BCUT2D eigenvalue weighted by Gasteiger charge is -2.21. The lowest BCUT2D eigenvalue weighted by Crippen LogP contribution is -2.38. The maximum absolute atomic E-state index is 13.2. The third-order valence-electron chi connectivity index (χ3n) is 4.62. The Labute approximate surface area is 169 Å². The molecule has 3 atom stereocenters. The van der Waals surface area contributed by atoms with Crippen molar-refractivity contribution in [2.45, 2.75) is 38.7 Å². The van der Waals surface area contributed by atoms with E-state index in [1.807, 2.05) is 0 Å². The van der Waals surface area contributed by atoms with E-state index in [4.69, 9.17) is 9.47 Å². The first-order chi connectivity index (χ1) is 13.9. The average Bonchev–Trinajstić information content (AvgIpc) is 2.72. The molecule has 1 aromatic carbocycles. The second-order valence-electron chi connectivity index (χ2n) is 6.69. The van der Waals surface area contributed by atoms with Crippen LogP contribution < -0.4 is 4.74 Å². The van der Waals surface area contributed by atoms with Crippen LogP contribution in [0.1, 0.15) is 37.4 Å². The van der Waals surface area contributed by atoms with Gasteiger partial charge in [0.25, 0.3) is 0 Å². The molecular formula is C22H25NO6. The van der Waals surface area contributed by atoms with Crippen molar-refractivity contribution >= 4 is 17.7 Å². The Hall–Kier alpha value is -3.22. The summed E-state index contributed by atoms with van der Waals surface area (Å²) in [7, 11) is 1.53. The van der Waals surface area contributed by atoms with Crippen LogP contribution in [-0.4, -0.2) is 41.0 Å². The van der Waals surface area contributed by atoms with Crippen molar-refractivity contribution in [2.75, 3.05) is 7.11 Å². The molecule has 0 saturated heterocycles. The number of aromatic nitrogens is 1. The van der Waals surface area contributed by atoms with Gasteiger partial charge in [-0.05, 0) is 49.6 Å². The number of esters is 1. The van der Waals surface area contributed by atoms with Crippen LogP contribution >= 0.6 is 0 Å². The molecule has 0 spiro atoms. The summed E-state index contributed by atoms with van der Waals surface area (Å²) >= 11 is 0. The number of hydrogen-bond donors (Lipinski definition) is 1. The molecule has 0 aliphatic carbocycles. The zero-order chi connectivity index (χ0) is 21.4. The fraction of sp³-hybridized carbons (Fsp3) is 0.364. The van der Waals surface area contributed by atoms with Crippen molar-refractivity contribution in [1.29, 1.82) is 0 Å². The van der Waals surface area contributed by atoms with Gasteiger partial charge in [0.1, 0.15) is 5.75 Å². The second kappa shape index (κ2) is 10.4. The lowest BCUT2D eigenvalue weighted by molar-refractivity contribution is -0.164. The molecule has 0 fully saturated rings. The van der Waals surface area contributed by atoms with E-state index in [9.17, 15) is 19.5 Å². The SMILES string of the molecule is CCC(C)OC(=O)C(C(=O)O)C(=O)C(Cc1cccc(OC)c1)c1ccccn1. The maximum Gasteiger partial charge on any atom is 0.328 e. The predicted molar refractivity (Wildman–Crippen MR) is 106 cm³/mol. The van der Waals surface area contributed by atoms with Gasteiger partial charge in [-0.1, -0.05) is 25.1 Å². The molecule has 154 valence electrons. The molecule has 2 aromatic rings. The first-order valence-electron chi connectivity index (χ1n) is 9.38. The summed E-state index contributed by atoms with van der Waals surface area (Å²) in [5.74, 6) is -5.57. The Morgan fingerprint density at radius 3 is 2.48 bits per heavy atom. The predicted octanol–water partition coefficient (Wildman–Crippen LogP) is 3.03. The Morgan fingerprint density at radius 1 is 1.14 bits per heavy atom. The first-order valence-corrected chi connectivity index (χ1v) is 9.38. The van der Waals surface area contributed by atoms with Gasteiger partial charge in [-0.2, -0.15) is 0 Å². The van der Waals surface area contributed by atoms with Crippen LogP contribution in [0.5, 0.6) is 5.75 Å². The highest BCUT2D eigenvalue weighted by Gasteiger charge is 2.41. The molecule has 29 heavy (non-hydrogen) atoms. The minimum absolute atomic E-state index is 0.174. The Balaban J connectivity index is 2.39. The number of rotatable bonds is 10. The van der Waals surface area contributed by atoms with Crippen molar-refractivity contribution < 1.29 is 29.0 Å². The molecule has 7 heteroatoms. The third-order valence-corrected chi connectivity index (χ3v) is 4.62. The normalized spacial score (nSPS) is 13.8. The number of pyridine rings is 1. The van der Waals surface area contributed by atoms with Gasteiger partial charge in [0.15, 0.2) is 5.78 Å². The summed E-state index contributed by atoms with van der Waals surface area (Å²) in [4.78, 5) is 41.6. The van der Waals surface area contributed by atoms with Gasteiger partial charge in [-0.3, -0.25) is 19.4 Å². The molecule has 0 saturated carbocycles. The number of ketones is 1. The number of carboxylic acid groups (broad SMARTS) is 1. The monoisotopic (exact) mass is 399 g/mol. The average molecular weight is 399 g/mol. The first kappa shape index (κ1) is 22.1. The molecule has 0 aliphatic heterocycles. The molecule has 0 radical (unpaired) electrons. The fourth-order valence-corrected chi connectivity index (χ4v) is 2.86. The minimum Gasteiger partial charge on any atom is -0.497 e. The second-order valence-corrected chi connectivity index (χ2v) is 6.69. The van der Waals surface area contributed by atoms with Gasteiger partial charge in [-0.25, -0.2) is 0 Å². The lowest BCUT2D eigenvalue weighted by atomic mass is 9.85. The van der Waals surface area contributed by atoms with E-state index < -0.39 is 35.7 Å². The summed E-state index contributed by atoms with van der Waals surface area (Å²) < 4.78 is 10.3.